The van der Waals surface area contributed by atoms with Crippen LogP contribution in [-0.2, 0) is 16.0 Å². The standard InChI is InChI=1S/C17H23NO6S/c1-9-14(21)15(22)16-17(23-9)24-11-4-3-10(7-12(11)25-16)8-13(20)18-5-2-6-19/h3-4,7,9,14-17,19,21-22H,2,5-6,8H2,1H3,(H,18,20)/t9-,14+,15+,16-,17-/m0/s1. The third kappa shape index (κ3) is 4.09. The molecule has 8 heteroatoms. The molecular weight excluding hydrogens is 346 g/mol. The molecule has 2 aliphatic rings. The molecule has 0 spiro atoms. The number of fused-ring (bicyclic) bond motifs is 2. The lowest BCUT2D eigenvalue weighted by molar-refractivity contribution is -0.213. The van der Waals surface area contributed by atoms with Gasteiger partial charge in [-0.15, -0.1) is 11.8 Å². The Labute approximate surface area is 150 Å². The number of ether oxygens (including phenoxy) is 2. The quantitative estimate of drug-likeness (QED) is 0.543. The molecule has 0 aromatic heterocycles. The predicted molar refractivity (Wildman–Crippen MR) is 91.5 cm³/mol. The number of hydrogen-bond donors (Lipinski definition) is 4. The Hall–Kier alpha value is -1.32. The summed E-state index contributed by atoms with van der Waals surface area (Å²) in [6.07, 6.45) is -2.26. The molecule has 2 aliphatic heterocycles. The highest BCUT2D eigenvalue weighted by molar-refractivity contribution is 8.00. The molecule has 25 heavy (non-hydrogen) atoms. The van der Waals surface area contributed by atoms with Crippen molar-refractivity contribution in [1.82, 2.24) is 5.32 Å². The SMILES string of the molecule is C[C@@H]1O[C@H]2Oc3ccc(CC(=O)NCCCO)cc3S[C@H]2[C@H](O)[C@@H]1O. The van der Waals surface area contributed by atoms with Gasteiger partial charge in [-0.3, -0.25) is 4.79 Å². The Kier molecular flexibility index (Phi) is 5.85. The molecule has 1 amide bonds. The summed E-state index contributed by atoms with van der Waals surface area (Å²) in [5.74, 6) is 0.532. The summed E-state index contributed by atoms with van der Waals surface area (Å²) in [4.78, 5) is 12.7. The number of amides is 1. The van der Waals surface area contributed by atoms with Crippen molar-refractivity contribution >= 4 is 17.7 Å². The van der Waals surface area contributed by atoms with Gasteiger partial charge in [0.05, 0.1) is 17.4 Å². The number of nitrogens with one attached hydrogen (secondary N) is 1. The Morgan fingerprint density at radius 2 is 2.12 bits per heavy atom. The van der Waals surface area contributed by atoms with Crippen molar-refractivity contribution in [2.45, 2.75) is 54.5 Å². The van der Waals surface area contributed by atoms with E-state index in [1.807, 2.05) is 12.1 Å². The summed E-state index contributed by atoms with van der Waals surface area (Å²) >= 11 is 1.39. The molecule has 2 heterocycles. The van der Waals surface area contributed by atoms with E-state index in [2.05, 4.69) is 5.32 Å². The number of carbonyl (C=O) groups excluding carboxylic acids is 1. The van der Waals surface area contributed by atoms with Crippen molar-refractivity contribution in [2.75, 3.05) is 13.2 Å². The van der Waals surface area contributed by atoms with Gasteiger partial charge in [-0.05, 0) is 31.0 Å². The van der Waals surface area contributed by atoms with Crippen LogP contribution in [-0.4, -0.2) is 64.2 Å². The zero-order chi connectivity index (χ0) is 18.0. The minimum atomic E-state index is -0.959. The number of thioether (sulfide) groups is 1. The summed E-state index contributed by atoms with van der Waals surface area (Å²) in [6, 6.07) is 5.47. The smallest absolute Gasteiger partial charge is 0.224 e. The first-order valence-electron chi connectivity index (χ1n) is 8.35. The van der Waals surface area contributed by atoms with Gasteiger partial charge in [-0.2, -0.15) is 0 Å². The molecule has 1 saturated heterocycles. The summed E-state index contributed by atoms with van der Waals surface area (Å²) in [7, 11) is 0. The topological polar surface area (TPSA) is 108 Å². The molecule has 1 fully saturated rings. The molecule has 0 unspecified atom stereocenters. The average molecular weight is 369 g/mol. The van der Waals surface area contributed by atoms with E-state index >= 15 is 0 Å². The Morgan fingerprint density at radius 1 is 1.32 bits per heavy atom. The van der Waals surface area contributed by atoms with E-state index in [0.717, 1.165) is 10.5 Å². The van der Waals surface area contributed by atoms with Crippen molar-refractivity contribution in [3.63, 3.8) is 0 Å². The Morgan fingerprint density at radius 3 is 2.88 bits per heavy atom. The van der Waals surface area contributed by atoms with Crippen molar-refractivity contribution in [3.8, 4) is 5.75 Å². The molecule has 3 rings (SSSR count). The maximum atomic E-state index is 11.9. The lowest BCUT2D eigenvalue weighted by atomic mass is 10.0. The monoisotopic (exact) mass is 369 g/mol. The van der Waals surface area contributed by atoms with Crippen LogP contribution in [0.1, 0.15) is 18.9 Å². The highest BCUT2D eigenvalue weighted by Gasteiger charge is 2.47. The van der Waals surface area contributed by atoms with Crippen LogP contribution in [0.25, 0.3) is 0 Å². The number of carbonyl (C=O) groups is 1. The number of aliphatic hydroxyl groups excluding tert-OH is 3. The fraction of sp³-hybridized carbons (Fsp3) is 0.588. The second-order valence-corrected chi connectivity index (χ2v) is 7.50. The van der Waals surface area contributed by atoms with Crippen LogP contribution in [0.2, 0.25) is 0 Å². The zero-order valence-electron chi connectivity index (χ0n) is 13.9. The first kappa shape index (κ1) is 18.5. The number of hydrogen-bond acceptors (Lipinski definition) is 7. The van der Waals surface area contributed by atoms with Crippen molar-refractivity contribution in [1.29, 1.82) is 0 Å². The number of aliphatic hydroxyl groups is 3. The van der Waals surface area contributed by atoms with Crippen LogP contribution >= 0.6 is 11.8 Å². The maximum absolute atomic E-state index is 11.9. The summed E-state index contributed by atoms with van der Waals surface area (Å²) in [5.41, 5.74) is 0.829. The highest BCUT2D eigenvalue weighted by Crippen LogP contribution is 2.44. The van der Waals surface area contributed by atoms with Crippen LogP contribution in [0.3, 0.4) is 0 Å². The van der Waals surface area contributed by atoms with Gasteiger partial charge in [0.25, 0.3) is 0 Å². The normalized spacial score (nSPS) is 30.8. The van der Waals surface area contributed by atoms with Crippen LogP contribution < -0.4 is 10.1 Å². The Bertz CT molecular complexity index is 627. The second kappa shape index (κ2) is 7.92. The largest absolute Gasteiger partial charge is 0.462 e. The van der Waals surface area contributed by atoms with Gasteiger partial charge in [0.2, 0.25) is 12.2 Å². The first-order chi connectivity index (χ1) is 12.0. The van der Waals surface area contributed by atoms with E-state index in [-0.39, 0.29) is 18.9 Å². The lowest BCUT2D eigenvalue weighted by Crippen LogP contribution is -2.57. The lowest BCUT2D eigenvalue weighted by Gasteiger charge is -2.43. The van der Waals surface area contributed by atoms with E-state index in [1.54, 1.807) is 13.0 Å². The van der Waals surface area contributed by atoms with E-state index < -0.39 is 29.9 Å². The van der Waals surface area contributed by atoms with Crippen LogP contribution in [0.5, 0.6) is 5.75 Å². The van der Waals surface area contributed by atoms with Crippen molar-refractivity contribution in [2.24, 2.45) is 0 Å². The molecule has 0 aliphatic carbocycles. The van der Waals surface area contributed by atoms with Gasteiger partial charge < -0.3 is 30.1 Å². The first-order valence-corrected chi connectivity index (χ1v) is 9.23. The molecule has 4 N–H and O–H groups in total. The molecule has 1 aromatic carbocycles. The highest BCUT2D eigenvalue weighted by atomic mass is 32.2. The third-order valence-electron chi connectivity index (χ3n) is 4.32. The van der Waals surface area contributed by atoms with Gasteiger partial charge in [0.15, 0.2) is 0 Å². The molecule has 138 valence electrons. The van der Waals surface area contributed by atoms with E-state index in [1.165, 1.54) is 11.8 Å². The molecule has 0 saturated carbocycles. The minimum Gasteiger partial charge on any atom is -0.462 e. The molecule has 7 nitrogen and oxygen atoms in total. The summed E-state index contributed by atoms with van der Waals surface area (Å²) in [5, 5.41) is 31.3. The third-order valence-corrected chi connectivity index (χ3v) is 5.67. The van der Waals surface area contributed by atoms with Crippen LogP contribution in [0, 0.1) is 0 Å². The van der Waals surface area contributed by atoms with Gasteiger partial charge in [0, 0.05) is 13.2 Å². The Balaban J connectivity index is 1.68. The fourth-order valence-corrected chi connectivity index (χ4v) is 4.18. The average Bonchev–Trinajstić information content (AvgIpc) is 2.59. The number of rotatable bonds is 5. The molecule has 0 bridgehead atoms. The van der Waals surface area contributed by atoms with Gasteiger partial charge in [0.1, 0.15) is 23.2 Å². The van der Waals surface area contributed by atoms with E-state index in [0.29, 0.717) is 18.7 Å². The van der Waals surface area contributed by atoms with Crippen molar-refractivity contribution in [3.05, 3.63) is 23.8 Å². The molecule has 1 aromatic rings. The molecule has 5 atom stereocenters. The molecule has 0 radical (unpaired) electrons. The predicted octanol–water partition coefficient (Wildman–Crippen LogP) is 0.0474. The molecular formula is C17H23NO6S. The minimum absolute atomic E-state index is 0.0462. The van der Waals surface area contributed by atoms with Gasteiger partial charge >= 0.3 is 0 Å². The second-order valence-electron chi connectivity index (χ2n) is 6.28. The van der Waals surface area contributed by atoms with E-state index in [4.69, 9.17) is 14.6 Å². The van der Waals surface area contributed by atoms with Crippen LogP contribution in [0.4, 0.5) is 0 Å². The number of benzene rings is 1. The van der Waals surface area contributed by atoms with Gasteiger partial charge in [-0.1, -0.05) is 6.07 Å². The summed E-state index contributed by atoms with van der Waals surface area (Å²) < 4.78 is 11.5. The fourth-order valence-electron chi connectivity index (χ4n) is 2.90. The zero-order valence-corrected chi connectivity index (χ0v) is 14.7. The van der Waals surface area contributed by atoms with Gasteiger partial charge in [-0.25, -0.2) is 0 Å². The maximum Gasteiger partial charge on any atom is 0.224 e. The van der Waals surface area contributed by atoms with E-state index in [9.17, 15) is 15.0 Å². The van der Waals surface area contributed by atoms with Crippen LogP contribution in [0.15, 0.2) is 23.1 Å². The van der Waals surface area contributed by atoms with Crippen molar-refractivity contribution < 1.29 is 29.6 Å². The summed E-state index contributed by atoms with van der Waals surface area (Å²) in [6.45, 7) is 2.19.